The van der Waals surface area contributed by atoms with Crippen molar-refractivity contribution in [3.8, 4) is 17.1 Å². The molecule has 4 heterocycles. The molecule has 0 saturated carbocycles. The lowest BCUT2D eigenvalue weighted by Crippen LogP contribution is -2.48. The zero-order valence-corrected chi connectivity index (χ0v) is 20.6. The number of nitrogens with one attached hydrogen (secondary N) is 1. The molecule has 0 atom stereocenters. The summed E-state index contributed by atoms with van der Waals surface area (Å²) in [5, 5.41) is 3.72. The number of amides is 1. The van der Waals surface area contributed by atoms with Crippen LogP contribution in [0.4, 0.5) is 17.3 Å². The molecule has 35 heavy (non-hydrogen) atoms. The maximum absolute atomic E-state index is 11.7. The molecule has 0 unspecified atom stereocenters. The summed E-state index contributed by atoms with van der Waals surface area (Å²) in [5.41, 5.74) is 5.01. The molecule has 1 aliphatic rings. The van der Waals surface area contributed by atoms with Crippen LogP contribution >= 0.6 is 11.6 Å². The fourth-order valence-electron chi connectivity index (χ4n) is 4.48. The SMILES string of the molecule is COc1c(Nc2ncc(Cl)c(-c3cnc4ccccn34)n2)ccc(N2CCN(C(C)=O)CC2)c1C. The third kappa shape index (κ3) is 4.35. The monoisotopic (exact) mass is 491 g/mol. The summed E-state index contributed by atoms with van der Waals surface area (Å²) in [6.45, 7) is 6.62. The first-order valence-electron chi connectivity index (χ1n) is 11.4. The molecule has 10 heteroatoms. The third-order valence-corrected chi connectivity index (χ3v) is 6.57. The summed E-state index contributed by atoms with van der Waals surface area (Å²) >= 11 is 6.46. The Morgan fingerprint density at radius 2 is 1.89 bits per heavy atom. The first kappa shape index (κ1) is 22.9. The number of carbonyl (C=O) groups excluding carboxylic acids is 1. The molecule has 4 aromatic rings. The summed E-state index contributed by atoms with van der Waals surface area (Å²) in [5.74, 6) is 1.23. The van der Waals surface area contributed by atoms with E-state index in [2.05, 4.69) is 31.2 Å². The van der Waals surface area contributed by atoms with Crippen LogP contribution in [0.5, 0.6) is 5.75 Å². The van der Waals surface area contributed by atoms with Gasteiger partial charge >= 0.3 is 0 Å². The lowest BCUT2D eigenvalue weighted by atomic mass is 10.1. The van der Waals surface area contributed by atoms with Gasteiger partial charge in [0, 0.05) is 50.6 Å². The summed E-state index contributed by atoms with van der Waals surface area (Å²) in [4.78, 5) is 29.3. The summed E-state index contributed by atoms with van der Waals surface area (Å²) in [6, 6.07) is 9.81. The summed E-state index contributed by atoms with van der Waals surface area (Å²) < 4.78 is 7.71. The number of rotatable bonds is 5. The normalized spacial score (nSPS) is 13.8. The molecule has 5 rings (SSSR count). The zero-order chi connectivity index (χ0) is 24.5. The van der Waals surface area contributed by atoms with Gasteiger partial charge in [0.2, 0.25) is 11.9 Å². The number of piperazine rings is 1. The number of pyridine rings is 1. The Morgan fingerprint density at radius 3 is 2.63 bits per heavy atom. The Balaban J connectivity index is 1.43. The van der Waals surface area contributed by atoms with Crippen LogP contribution in [0, 0.1) is 6.92 Å². The van der Waals surface area contributed by atoms with Gasteiger partial charge in [0.1, 0.15) is 17.1 Å². The minimum atomic E-state index is 0.116. The van der Waals surface area contributed by atoms with Crippen molar-refractivity contribution in [1.29, 1.82) is 0 Å². The average molecular weight is 492 g/mol. The van der Waals surface area contributed by atoms with Crippen molar-refractivity contribution in [2.24, 2.45) is 0 Å². The maximum atomic E-state index is 11.7. The molecule has 1 aliphatic heterocycles. The highest BCUT2D eigenvalue weighted by atomic mass is 35.5. The largest absolute Gasteiger partial charge is 0.494 e. The van der Waals surface area contributed by atoms with Crippen molar-refractivity contribution >= 4 is 40.5 Å². The highest BCUT2D eigenvalue weighted by Crippen LogP contribution is 2.37. The van der Waals surface area contributed by atoms with Crippen LogP contribution in [0.2, 0.25) is 5.02 Å². The Labute approximate surface area is 208 Å². The van der Waals surface area contributed by atoms with E-state index in [1.807, 2.05) is 46.7 Å². The molecule has 0 bridgehead atoms. The number of hydrogen-bond acceptors (Lipinski definition) is 7. The number of hydrogen-bond donors (Lipinski definition) is 1. The van der Waals surface area contributed by atoms with E-state index in [-0.39, 0.29) is 5.91 Å². The Bertz CT molecular complexity index is 1400. The number of ether oxygens (including phenoxy) is 1. The average Bonchev–Trinajstić information content (AvgIpc) is 3.29. The number of halogens is 1. The van der Waals surface area contributed by atoms with E-state index in [0.29, 0.717) is 35.5 Å². The molecule has 1 fully saturated rings. The molecule has 1 saturated heterocycles. The van der Waals surface area contributed by atoms with Crippen molar-refractivity contribution in [3.63, 3.8) is 0 Å². The molecule has 1 N–H and O–H groups in total. The van der Waals surface area contributed by atoms with Crippen LogP contribution < -0.4 is 15.0 Å². The molecule has 9 nitrogen and oxygen atoms in total. The minimum Gasteiger partial charge on any atom is -0.494 e. The number of anilines is 3. The van der Waals surface area contributed by atoms with Gasteiger partial charge in [-0.15, -0.1) is 0 Å². The molecule has 0 spiro atoms. The predicted octanol–water partition coefficient (Wildman–Crippen LogP) is 4.17. The second-order valence-corrected chi connectivity index (χ2v) is 8.78. The smallest absolute Gasteiger partial charge is 0.227 e. The van der Waals surface area contributed by atoms with Crippen LogP contribution in [0.3, 0.4) is 0 Å². The standard InChI is InChI=1S/C25H26ClN7O2/c1-16-20(32-12-10-31(11-13-32)17(2)34)8-7-19(24(16)35-3)29-25-28-14-18(26)23(30-25)21-15-27-22-6-4-5-9-33(21)22/h4-9,14-15H,10-13H2,1-3H3,(H,28,29,30). The predicted molar refractivity (Wildman–Crippen MR) is 137 cm³/mol. The van der Waals surface area contributed by atoms with Gasteiger partial charge in [-0.05, 0) is 31.2 Å². The lowest BCUT2D eigenvalue weighted by molar-refractivity contribution is -0.129. The van der Waals surface area contributed by atoms with Crippen LogP contribution in [-0.2, 0) is 4.79 Å². The van der Waals surface area contributed by atoms with Crippen molar-refractivity contribution in [2.75, 3.05) is 43.5 Å². The third-order valence-electron chi connectivity index (χ3n) is 6.30. The fourth-order valence-corrected chi connectivity index (χ4v) is 4.67. The van der Waals surface area contributed by atoms with Gasteiger partial charge < -0.3 is 19.9 Å². The number of methoxy groups -OCH3 is 1. The number of imidazole rings is 1. The molecule has 0 aliphatic carbocycles. The van der Waals surface area contributed by atoms with E-state index in [0.717, 1.165) is 41.4 Å². The van der Waals surface area contributed by atoms with E-state index in [4.69, 9.17) is 16.3 Å². The Kier molecular flexibility index (Phi) is 6.17. The quantitative estimate of drug-likeness (QED) is 0.448. The van der Waals surface area contributed by atoms with Gasteiger partial charge in [-0.2, -0.15) is 0 Å². The van der Waals surface area contributed by atoms with Crippen molar-refractivity contribution in [2.45, 2.75) is 13.8 Å². The molecule has 180 valence electrons. The Hall–Kier alpha value is -3.85. The molecule has 1 amide bonds. The number of nitrogens with zero attached hydrogens (tertiary/aromatic N) is 6. The second kappa shape index (κ2) is 9.42. The molecular weight excluding hydrogens is 466 g/mol. The maximum Gasteiger partial charge on any atom is 0.227 e. The van der Waals surface area contributed by atoms with Gasteiger partial charge in [-0.25, -0.2) is 15.0 Å². The molecule has 3 aromatic heterocycles. The first-order valence-corrected chi connectivity index (χ1v) is 11.7. The van der Waals surface area contributed by atoms with Gasteiger partial charge in [-0.3, -0.25) is 9.20 Å². The number of aromatic nitrogens is 4. The van der Waals surface area contributed by atoms with Crippen LogP contribution in [0.1, 0.15) is 12.5 Å². The van der Waals surface area contributed by atoms with E-state index in [1.54, 1.807) is 26.4 Å². The fraction of sp³-hybridized carbons (Fsp3) is 0.280. The van der Waals surface area contributed by atoms with E-state index in [1.165, 1.54) is 0 Å². The van der Waals surface area contributed by atoms with Gasteiger partial charge in [0.05, 0.1) is 35.9 Å². The van der Waals surface area contributed by atoms with Crippen molar-refractivity contribution in [1.82, 2.24) is 24.3 Å². The van der Waals surface area contributed by atoms with Gasteiger partial charge in [0.15, 0.2) is 0 Å². The van der Waals surface area contributed by atoms with Gasteiger partial charge in [-0.1, -0.05) is 17.7 Å². The highest BCUT2D eigenvalue weighted by Gasteiger charge is 2.22. The van der Waals surface area contributed by atoms with Crippen molar-refractivity contribution < 1.29 is 9.53 Å². The van der Waals surface area contributed by atoms with E-state index in [9.17, 15) is 4.79 Å². The minimum absolute atomic E-state index is 0.116. The summed E-state index contributed by atoms with van der Waals surface area (Å²) in [6.07, 6.45) is 5.25. The topological polar surface area (TPSA) is 87.9 Å². The number of carbonyl (C=O) groups is 1. The second-order valence-electron chi connectivity index (χ2n) is 8.37. The number of benzene rings is 1. The van der Waals surface area contributed by atoms with Crippen LogP contribution in [0.25, 0.3) is 17.0 Å². The van der Waals surface area contributed by atoms with Gasteiger partial charge in [0.25, 0.3) is 0 Å². The zero-order valence-electron chi connectivity index (χ0n) is 19.8. The van der Waals surface area contributed by atoms with E-state index < -0.39 is 0 Å². The molecular formula is C25H26ClN7O2. The molecule has 0 radical (unpaired) electrons. The van der Waals surface area contributed by atoms with E-state index >= 15 is 0 Å². The summed E-state index contributed by atoms with van der Waals surface area (Å²) in [7, 11) is 1.65. The lowest BCUT2D eigenvalue weighted by Gasteiger charge is -2.36. The molecule has 1 aromatic carbocycles. The van der Waals surface area contributed by atoms with Crippen LogP contribution in [-0.4, -0.2) is 63.4 Å². The Morgan fingerprint density at radius 1 is 1.09 bits per heavy atom. The highest BCUT2D eigenvalue weighted by molar-refractivity contribution is 6.32. The van der Waals surface area contributed by atoms with Crippen LogP contribution in [0.15, 0.2) is 48.9 Å². The van der Waals surface area contributed by atoms with Crippen molar-refractivity contribution in [3.05, 3.63) is 59.5 Å². The number of fused-ring (bicyclic) bond motifs is 1. The first-order chi connectivity index (χ1) is 17.0.